The molecule has 7 nitrogen and oxygen atoms in total. The summed E-state index contributed by atoms with van der Waals surface area (Å²) in [5, 5.41) is 21.8. The molecule has 2 aromatic rings. The lowest BCUT2D eigenvalue weighted by atomic mass is 9.91. The second-order valence-corrected chi connectivity index (χ2v) is 8.23. The van der Waals surface area contributed by atoms with Crippen molar-refractivity contribution in [3.05, 3.63) is 47.8 Å². The minimum Gasteiger partial charge on any atom is -0.388 e. The molecule has 1 aliphatic heterocycles. The number of hydrogen-bond acceptors (Lipinski definition) is 5. The highest BCUT2D eigenvalue weighted by Crippen LogP contribution is 2.25. The smallest absolute Gasteiger partial charge is 0.273 e. The van der Waals surface area contributed by atoms with Gasteiger partial charge >= 0.3 is 0 Å². The molecule has 7 heteroatoms. The monoisotopic (exact) mass is 385 g/mol. The summed E-state index contributed by atoms with van der Waals surface area (Å²) < 4.78 is 1.59. The van der Waals surface area contributed by atoms with Crippen LogP contribution in [0.4, 0.5) is 0 Å². The predicted octanol–water partition coefficient (Wildman–Crippen LogP) is 2.08. The third-order valence-corrected chi connectivity index (χ3v) is 5.27. The van der Waals surface area contributed by atoms with Crippen molar-refractivity contribution in [2.24, 2.45) is 5.92 Å². The van der Waals surface area contributed by atoms with Crippen molar-refractivity contribution in [3.8, 4) is 0 Å². The molecule has 2 N–H and O–H groups in total. The molecule has 28 heavy (non-hydrogen) atoms. The van der Waals surface area contributed by atoms with Gasteiger partial charge in [0.25, 0.3) is 5.91 Å². The number of likely N-dealkylation sites (tertiary alicyclic amines) is 1. The van der Waals surface area contributed by atoms with Crippen LogP contribution in [0.2, 0.25) is 0 Å². The van der Waals surface area contributed by atoms with E-state index in [-0.39, 0.29) is 5.91 Å². The SMILES string of the molecule is CC(C)CCNC(=O)c1cn(CC2(O)CCN(Cc3ccccc3)CC2)nn1. The molecule has 1 fully saturated rings. The van der Waals surface area contributed by atoms with Gasteiger partial charge in [0, 0.05) is 26.2 Å². The standard InChI is InChI=1S/C21H31N5O2/c1-17(2)8-11-22-20(27)19-15-26(24-23-19)16-21(28)9-12-25(13-10-21)14-18-6-4-3-5-7-18/h3-7,15,17,28H,8-14,16H2,1-2H3,(H,22,27). The molecule has 0 saturated carbocycles. The van der Waals surface area contributed by atoms with Crippen LogP contribution in [0.25, 0.3) is 0 Å². The maximum absolute atomic E-state index is 12.1. The van der Waals surface area contributed by atoms with E-state index in [0.29, 0.717) is 37.5 Å². The fraction of sp³-hybridized carbons (Fsp3) is 0.571. The van der Waals surface area contributed by atoms with Gasteiger partial charge in [0.15, 0.2) is 5.69 Å². The van der Waals surface area contributed by atoms with E-state index in [0.717, 1.165) is 26.1 Å². The highest BCUT2D eigenvalue weighted by Gasteiger charge is 2.33. The molecule has 1 aromatic carbocycles. The molecule has 3 rings (SSSR count). The first kappa shape index (κ1) is 20.5. The van der Waals surface area contributed by atoms with Gasteiger partial charge in [0.1, 0.15) is 0 Å². The van der Waals surface area contributed by atoms with E-state index in [1.165, 1.54) is 5.56 Å². The van der Waals surface area contributed by atoms with Crippen molar-refractivity contribution in [2.75, 3.05) is 19.6 Å². The summed E-state index contributed by atoms with van der Waals surface area (Å²) in [6, 6.07) is 10.4. The number of piperidine rings is 1. The number of aliphatic hydroxyl groups is 1. The van der Waals surface area contributed by atoms with Crippen molar-refractivity contribution in [1.29, 1.82) is 0 Å². The zero-order valence-corrected chi connectivity index (χ0v) is 16.8. The molecular formula is C21H31N5O2. The zero-order chi connectivity index (χ0) is 20.0. The molecule has 0 unspecified atom stereocenters. The van der Waals surface area contributed by atoms with Crippen LogP contribution in [0.1, 0.15) is 49.2 Å². The summed E-state index contributed by atoms with van der Waals surface area (Å²) in [6.45, 7) is 7.80. The molecule has 2 heterocycles. The van der Waals surface area contributed by atoms with Gasteiger partial charge < -0.3 is 10.4 Å². The highest BCUT2D eigenvalue weighted by molar-refractivity contribution is 5.91. The lowest BCUT2D eigenvalue weighted by Crippen LogP contribution is -2.46. The fourth-order valence-electron chi connectivity index (χ4n) is 3.47. The lowest BCUT2D eigenvalue weighted by Gasteiger charge is -2.38. The maximum Gasteiger partial charge on any atom is 0.273 e. The number of aromatic nitrogens is 3. The van der Waals surface area contributed by atoms with Gasteiger partial charge in [-0.1, -0.05) is 49.4 Å². The summed E-state index contributed by atoms with van der Waals surface area (Å²) in [7, 11) is 0. The van der Waals surface area contributed by atoms with Crippen molar-refractivity contribution in [3.63, 3.8) is 0 Å². The summed E-state index contributed by atoms with van der Waals surface area (Å²) in [5.74, 6) is 0.328. The van der Waals surface area contributed by atoms with Gasteiger partial charge in [-0.2, -0.15) is 0 Å². The van der Waals surface area contributed by atoms with E-state index in [1.807, 2.05) is 6.07 Å². The van der Waals surface area contributed by atoms with Crippen LogP contribution < -0.4 is 5.32 Å². The van der Waals surface area contributed by atoms with Gasteiger partial charge in [-0.25, -0.2) is 4.68 Å². The van der Waals surface area contributed by atoms with Gasteiger partial charge in [-0.3, -0.25) is 9.69 Å². The Hall–Kier alpha value is -2.25. The summed E-state index contributed by atoms with van der Waals surface area (Å²) in [6.07, 6.45) is 3.91. The highest BCUT2D eigenvalue weighted by atomic mass is 16.3. The number of amides is 1. The van der Waals surface area contributed by atoms with Crippen molar-refractivity contribution < 1.29 is 9.90 Å². The fourth-order valence-corrected chi connectivity index (χ4v) is 3.47. The van der Waals surface area contributed by atoms with Crippen LogP contribution in [-0.2, 0) is 13.1 Å². The number of rotatable bonds is 8. The van der Waals surface area contributed by atoms with Gasteiger partial charge in [0.05, 0.1) is 18.3 Å². The molecule has 1 aromatic heterocycles. The first-order valence-electron chi connectivity index (χ1n) is 10.1. The van der Waals surface area contributed by atoms with Gasteiger partial charge in [-0.15, -0.1) is 5.10 Å². The molecule has 0 aliphatic carbocycles. The van der Waals surface area contributed by atoms with E-state index >= 15 is 0 Å². The van der Waals surface area contributed by atoms with E-state index in [1.54, 1.807) is 10.9 Å². The predicted molar refractivity (Wildman–Crippen MR) is 108 cm³/mol. The van der Waals surface area contributed by atoms with Crippen LogP contribution in [0.5, 0.6) is 0 Å². The molecule has 0 spiro atoms. The molecule has 1 amide bonds. The summed E-state index contributed by atoms with van der Waals surface area (Å²) in [5.41, 5.74) is 0.776. The molecule has 0 atom stereocenters. The maximum atomic E-state index is 12.1. The normalized spacial score (nSPS) is 17.0. The molecule has 1 aliphatic rings. The number of carbonyl (C=O) groups excluding carboxylic acids is 1. The molecular weight excluding hydrogens is 354 g/mol. The summed E-state index contributed by atoms with van der Waals surface area (Å²) in [4.78, 5) is 14.5. The number of benzene rings is 1. The van der Waals surface area contributed by atoms with Crippen molar-refractivity contribution in [1.82, 2.24) is 25.2 Å². The minimum atomic E-state index is -0.813. The average molecular weight is 386 g/mol. The molecule has 0 bridgehead atoms. The Morgan fingerprint density at radius 1 is 1.25 bits per heavy atom. The topological polar surface area (TPSA) is 83.3 Å². The second kappa shape index (κ2) is 9.30. The number of hydrogen-bond donors (Lipinski definition) is 2. The first-order chi connectivity index (χ1) is 13.4. The van der Waals surface area contributed by atoms with Crippen LogP contribution in [0.3, 0.4) is 0 Å². The van der Waals surface area contributed by atoms with Crippen LogP contribution in [-0.4, -0.2) is 56.1 Å². The van der Waals surface area contributed by atoms with E-state index in [4.69, 9.17) is 0 Å². The Labute approximate surface area is 166 Å². The van der Waals surface area contributed by atoms with Gasteiger partial charge in [0.2, 0.25) is 0 Å². The molecule has 1 saturated heterocycles. The van der Waals surface area contributed by atoms with E-state index in [9.17, 15) is 9.90 Å². The van der Waals surface area contributed by atoms with Crippen molar-refractivity contribution in [2.45, 2.75) is 51.8 Å². The van der Waals surface area contributed by atoms with Crippen LogP contribution in [0, 0.1) is 5.92 Å². The lowest BCUT2D eigenvalue weighted by molar-refractivity contribution is -0.0383. The van der Waals surface area contributed by atoms with Gasteiger partial charge in [-0.05, 0) is 30.7 Å². The molecule has 152 valence electrons. The second-order valence-electron chi connectivity index (χ2n) is 8.23. The van der Waals surface area contributed by atoms with Crippen LogP contribution in [0.15, 0.2) is 36.5 Å². The van der Waals surface area contributed by atoms with Crippen LogP contribution >= 0.6 is 0 Å². The Morgan fingerprint density at radius 3 is 2.64 bits per heavy atom. The Morgan fingerprint density at radius 2 is 1.96 bits per heavy atom. The Bertz CT molecular complexity index is 751. The third kappa shape index (κ3) is 5.87. The Balaban J connectivity index is 1.48. The number of carbonyl (C=O) groups is 1. The Kier molecular flexibility index (Phi) is 6.80. The zero-order valence-electron chi connectivity index (χ0n) is 16.8. The largest absolute Gasteiger partial charge is 0.388 e. The van der Waals surface area contributed by atoms with Crippen molar-refractivity contribution >= 4 is 5.91 Å². The first-order valence-corrected chi connectivity index (χ1v) is 10.1. The van der Waals surface area contributed by atoms with E-state index in [2.05, 4.69) is 58.6 Å². The summed E-state index contributed by atoms with van der Waals surface area (Å²) >= 11 is 0. The average Bonchev–Trinajstić information content (AvgIpc) is 3.12. The molecule has 0 radical (unpaired) electrons. The quantitative estimate of drug-likeness (QED) is 0.727. The van der Waals surface area contributed by atoms with E-state index < -0.39 is 5.60 Å². The third-order valence-electron chi connectivity index (χ3n) is 5.27. The number of nitrogens with zero attached hydrogens (tertiary/aromatic N) is 4. The minimum absolute atomic E-state index is 0.212. The number of nitrogens with one attached hydrogen (secondary N) is 1.